The van der Waals surface area contributed by atoms with E-state index in [-0.39, 0.29) is 6.42 Å². The van der Waals surface area contributed by atoms with E-state index >= 15 is 0 Å². The third kappa shape index (κ3) is 6.38. The molecular formula is C10H10Cl6O3. The van der Waals surface area contributed by atoms with Crippen molar-refractivity contribution in [2.24, 2.45) is 5.92 Å². The number of halogens is 6. The van der Waals surface area contributed by atoms with Crippen LogP contribution in [-0.4, -0.2) is 30.4 Å². The Balaban J connectivity index is 5.21. The lowest BCUT2D eigenvalue weighted by Crippen LogP contribution is -2.44. The maximum atomic E-state index is 11.9. The molecule has 1 N–H and O–H groups in total. The fourth-order valence-corrected chi connectivity index (χ4v) is 2.05. The Morgan fingerprint density at radius 3 is 1.79 bits per heavy atom. The Kier molecular flexibility index (Phi) is 8.01. The van der Waals surface area contributed by atoms with Crippen molar-refractivity contribution in [3.8, 4) is 0 Å². The summed E-state index contributed by atoms with van der Waals surface area (Å²) in [7, 11) is 0. The Morgan fingerprint density at radius 2 is 1.47 bits per heavy atom. The lowest BCUT2D eigenvalue weighted by Gasteiger charge is -2.25. The van der Waals surface area contributed by atoms with E-state index in [9.17, 15) is 14.7 Å². The lowest BCUT2D eigenvalue weighted by molar-refractivity contribution is -0.136. The first kappa shape index (κ1) is 19.8. The number of alkyl halides is 6. The molecule has 0 spiro atoms. The molecule has 3 nitrogen and oxygen atoms in total. The van der Waals surface area contributed by atoms with Gasteiger partial charge in [-0.05, 0) is 12.8 Å². The first-order valence-corrected chi connectivity index (χ1v) is 7.20. The Morgan fingerprint density at radius 1 is 1.05 bits per heavy atom. The Hall–Kier alpha value is 0.780. The summed E-state index contributed by atoms with van der Waals surface area (Å²) < 4.78 is -4.64. The number of carbonyl (C=O) groups is 2. The molecule has 0 heterocycles. The minimum atomic E-state index is -2.36. The highest BCUT2D eigenvalue weighted by Gasteiger charge is 2.46. The molecule has 0 saturated carbocycles. The summed E-state index contributed by atoms with van der Waals surface area (Å²) in [5.41, 5.74) is 0. The molecule has 2 unspecified atom stereocenters. The van der Waals surface area contributed by atoms with Gasteiger partial charge in [-0.3, -0.25) is 9.59 Å². The van der Waals surface area contributed by atoms with Crippen LogP contribution in [0.4, 0.5) is 0 Å². The van der Waals surface area contributed by atoms with E-state index in [1.165, 1.54) is 6.08 Å². The largest absolute Gasteiger partial charge is 0.384 e. The third-order valence-corrected chi connectivity index (χ3v) is 3.34. The summed E-state index contributed by atoms with van der Waals surface area (Å²) in [6, 6.07) is 0. The highest BCUT2D eigenvalue weighted by molar-refractivity contribution is 6.77. The molecule has 9 heteroatoms. The zero-order valence-electron chi connectivity index (χ0n) is 9.38. The highest BCUT2D eigenvalue weighted by atomic mass is 35.6. The molecule has 0 radical (unpaired) electrons. The summed E-state index contributed by atoms with van der Waals surface area (Å²) in [5, 5.41) is 9.84. The SMILES string of the molecule is C=CCCC(C(=O)C(Cl)(Cl)Cl)C(O)C(=O)C(Cl)(Cl)Cl. The van der Waals surface area contributed by atoms with Gasteiger partial charge < -0.3 is 5.11 Å². The number of aliphatic hydroxyl groups excluding tert-OH is 1. The van der Waals surface area contributed by atoms with E-state index in [4.69, 9.17) is 69.6 Å². The molecule has 0 aliphatic rings. The first-order valence-electron chi connectivity index (χ1n) is 4.94. The maximum absolute atomic E-state index is 11.9. The standard InChI is InChI=1S/C10H10Cl6O3/c1-2-3-4-5(7(18)9(11,12)13)6(17)8(19)10(14,15)16/h2,5-6,17H,1,3-4H2. The van der Waals surface area contributed by atoms with E-state index < -0.39 is 31.2 Å². The molecule has 0 aliphatic heterocycles. The number of hydrogen-bond donors (Lipinski definition) is 1. The fraction of sp³-hybridized carbons (Fsp3) is 0.600. The molecule has 0 aromatic rings. The van der Waals surface area contributed by atoms with Gasteiger partial charge in [-0.25, -0.2) is 0 Å². The molecular weight excluding hydrogens is 381 g/mol. The predicted octanol–water partition coefficient (Wildman–Crippen LogP) is 3.81. The molecule has 0 aromatic carbocycles. The smallest absolute Gasteiger partial charge is 0.251 e. The molecule has 110 valence electrons. The summed E-state index contributed by atoms with van der Waals surface area (Å²) >= 11 is 32.5. The number of hydrogen-bond acceptors (Lipinski definition) is 3. The van der Waals surface area contributed by atoms with Crippen LogP contribution in [0.25, 0.3) is 0 Å². The van der Waals surface area contributed by atoms with Crippen LogP contribution in [0.3, 0.4) is 0 Å². The van der Waals surface area contributed by atoms with Gasteiger partial charge in [0.25, 0.3) is 3.79 Å². The van der Waals surface area contributed by atoms with Gasteiger partial charge in [-0.2, -0.15) is 0 Å². The van der Waals surface area contributed by atoms with E-state index in [2.05, 4.69) is 6.58 Å². The van der Waals surface area contributed by atoms with Crippen molar-refractivity contribution in [2.75, 3.05) is 0 Å². The minimum Gasteiger partial charge on any atom is -0.384 e. The molecule has 0 rings (SSSR count). The van der Waals surface area contributed by atoms with Gasteiger partial charge in [-0.15, -0.1) is 6.58 Å². The Bertz CT molecular complexity index is 357. The summed E-state index contributed by atoms with van der Waals surface area (Å²) in [6.07, 6.45) is -0.0632. The second-order valence-electron chi connectivity index (χ2n) is 3.64. The molecule has 0 amide bonds. The fourth-order valence-electron chi connectivity index (χ4n) is 1.29. The van der Waals surface area contributed by atoms with Crippen LogP contribution in [0, 0.1) is 5.92 Å². The summed E-state index contributed by atoms with van der Waals surface area (Å²) in [5.74, 6) is -3.41. The van der Waals surface area contributed by atoms with Gasteiger partial charge >= 0.3 is 0 Å². The van der Waals surface area contributed by atoms with E-state index in [0.29, 0.717) is 6.42 Å². The van der Waals surface area contributed by atoms with Crippen molar-refractivity contribution in [3.63, 3.8) is 0 Å². The second kappa shape index (κ2) is 7.69. The number of rotatable bonds is 6. The zero-order chi connectivity index (χ0) is 15.4. The Labute approximate surface area is 140 Å². The van der Waals surface area contributed by atoms with E-state index in [1.807, 2.05) is 0 Å². The summed E-state index contributed by atoms with van der Waals surface area (Å²) in [6.45, 7) is 3.45. The van der Waals surface area contributed by atoms with E-state index in [0.717, 1.165) is 0 Å². The van der Waals surface area contributed by atoms with Gasteiger partial charge in [0.05, 0.1) is 5.92 Å². The minimum absolute atomic E-state index is 0.0316. The van der Waals surface area contributed by atoms with Gasteiger partial charge in [0.1, 0.15) is 6.10 Å². The van der Waals surface area contributed by atoms with Gasteiger partial charge in [0.15, 0.2) is 5.78 Å². The van der Waals surface area contributed by atoms with Crippen LogP contribution in [0.2, 0.25) is 0 Å². The third-order valence-electron chi connectivity index (χ3n) is 2.23. The van der Waals surface area contributed by atoms with Crippen LogP contribution in [0.1, 0.15) is 12.8 Å². The lowest BCUT2D eigenvalue weighted by atomic mass is 9.90. The van der Waals surface area contributed by atoms with Gasteiger partial charge in [-0.1, -0.05) is 75.7 Å². The normalized spacial score (nSPS) is 15.7. The van der Waals surface area contributed by atoms with Gasteiger partial charge in [0.2, 0.25) is 9.58 Å². The van der Waals surface area contributed by atoms with Crippen molar-refractivity contribution in [3.05, 3.63) is 12.7 Å². The zero-order valence-corrected chi connectivity index (χ0v) is 13.9. The van der Waals surface area contributed by atoms with Gasteiger partial charge in [0, 0.05) is 0 Å². The topological polar surface area (TPSA) is 54.4 Å². The van der Waals surface area contributed by atoms with Crippen LogP contribution >= 0.6 is 69.6 Å². The molecule has 0 saturated heterocycles. The van der Waals surface area contributed by atoms with Crippen molar-refractivity contribution in [2.45, 2.75) is 26.5 Å². The molecule has 2 atom stereocenters. The van der Waals surface area contributed by atoms with E-state index in [1.54, 1.807) is 0 Å². The molecule has 19 heavy (non-hydrogen) atoms. The molecule has 0 fully saturated rings. The number of Topliss-reactive ketones (excluding diaryl/α,β-unsaturated/α-hetero) is 2. The quantitative estimate of drug-likeness (QED) is 0.554. The molecule has 0 aromatic heterocycles. The first-order chi connectivity index (χ1) is 8.42. The van der Waals surface area contributed by atoms with Crippen molar-refractivity contribution >= 4 is 81.2 Å². The monoisotopic (exact) mass is 388 g/mol. The number of aliphatic hydroxyl groups is 1. The second-order valence-corrected chi connectivity index (χ2v) is 8.20. The van der Waals surface area contributed by atoms with Crippen LogP contribution in [0.5, 0.6) is 0 Å². The highest BCUT2D eigenvalue weighted by Crippen LogP contribution is 2.36. The predicted molar refractivity (Wildman–Crippen MR) is 79.5 cm³/mol. The average Bonchev–Trinajstić information content (AvgIpc) is 2.25. The van der Waals surface area contributed by atoms with Crippen molar-refractivity contribution in [1.29, 1.82) is 0 Å². The van der Waals surface area contributed by atoms with Crippen LogP contribution < -0.4 is 0 Å². The number of carbonyl (C=O) groups excluding carboxylic acids is 2. The van der Waals surface area contributed by atoms with Crippen molar-refractivity contribution < 1.29 is 14.7 Å². The average molecular weight is 391 g/mol. The van der Waals surface area contributed by atoms with Crippen LogP contribution in [0.15, 0.2) is 12.7 Å². The summed E-state index contributed by atoms with van der Waals surface area (Å²) in [4.78, 5) is 23.5. The molecule has 0 bridgehead atoms. The number of ketones is 2. The van der Waals surface area contributed by atoms with Crippen LogP contribution in [-0.2, 0) is 9.59 Å². The number of allylic oxidation sites excluding steroid dienone is 1. The van der Waals surface area contributed by atoms with Crippen molar-refractivity contribution in [1.82, 2.24) is 0 Å². The molecule has 0 aliphatic carbocycles. The maximum Gasteiger partial charge on any atom is 0.251 e.